The lowest BCUT2D eigenvalue weighted by Crippen LogP contribution is -2.51. The van der Waals surface area contributed by atoms with Crippen LogP contribution >= 0.6 is 0 Å². The number of ketones is 1. The average molecular weight is 440 g/mol. The van der Waals surface area contributed by atoms with E-state index >= 15 is 0 Å². The van der Waals surface area contributed by atoms with E-state index in [0.29, 0.717) is 55.8 Å². The van der Waals surface area contributed by atoms with Crippen LogP contribution in [-0.2, 0) is 16.0 Å². The van der Waals surface area contributed by atoms with Crippen LogP contribution in [0.15, 0.2) is 41.0 Å². The van der Waals surface area contributed by atoms with Gasteiger partial charge in [-0.3, -0.25) is 14.4 Å². The molecule has 2 aliphatic rings. The molecule has 1 aromatic carbocycles. The molecule has 1 spiro atoms. The number of ether oxygens (including phenoxy) is 2. The number of amides is 2. The third kappa shape index (κ3) is 4.95. The maximum atomic E-state index is 12.7. The van der Waals surface area contributed by atoms with Gasteiger partial charge in [0.15, 0.2) is 12.4 Å². The molecule has 4 rings (SSSR count). The second-order valence-corrected chi connectivity index (χ2v) is 8.59. The smallest absolute Gasteiger partial charge is 0.258 e. The van der Waals surface area contributed by atoms with Gasteiger partial charge in [-0.1, -0.05) is 0 Å². The zero-order chi connectivity index (χ0) is 22.7. The van der Waals surface area contributed by atoms with Crippen LogP contribution in [0.3, 0.4) is 0 Å². The van der Waals surface area contributed by atoms with Crippen molar-refractivity contribution >= 4 is 17.6 Å². The molecule has 0 radical (unpaired) electrons. The molecule has 0 saturated carbocycles. The standard InChI is InChI=1S/C24H28N2O6/c1-16(12-18-4-3-11-30-18)25-23(29)15-31-19-5-6-20-21(28)14-24(32-22(20)13-19)7-9-26(10-8-24)17(2)27/h3-6,11,13,16H,7-10,12,14-15H2,1-2H3,(H,25,29). The maximum Gasteiger partial charge on any atom is 0.258 e. The van der Waals surface area contributed by atoms with Gasteiger partial charge in [0.05, 0.1) is 18.2 Å². The number of rotatable bonds is 6. The minimum Gasteiger partial charge on any atom is -0.486 e. The fraction of sp³-hybridized carbons (Fsp3) is 0.458. The van der Waals surface area contributed by atoms with Crippen LogP contribution in [0.25, 0.3) is 0 Å². The summed E-state index contributed by atoms with van der Waals surface area (Å²) in [7, 11) is 0. The number of carbonyl (C=O) groups is 3. The lowest BCUT2D eigenvalue weighted by molar-refractivity contribution is -0.132. The number of hydrogen-bond donors (Lipinski definition) is 1. The van der Waals surface area contributed by atoms with E-state index in [1.165, 1.54) is 0 Å². The van der Waals surface area contributed by atoms with Crippen molar-refractivity contribution in [3.63, 3.8) is 0 Å². The Balaban J connectivity index is 1.35. The molecule has 1 N–H and O–H groups in total. The quantitative estimate of drug-likeness (QED) is 0.742. The number of likely N-dealkylation sites (tertiary alicyclic amines) is 1. The Morgan fingerprint density at radius 1 is 1.25 bits per heavy atom. The van der Waals surface area contributed by atoms with Gasteiger partial charge in [0.1, 0.15) is 22.9 Å². The second-order valence-electron chi connectivity index (χ2n) is 8.59. The third-order valence-electron chi connectivity index (χ3n) is 6.05. The molecular formula is C24H28N2O6. The topological polar surface area (TPSA) is 98.1 Å². The van der Waals surface area contributed by atoms with Crippen LogP contribution in [0.2, 0.25) is 0 Å². The van der Waals surface area contributed by atoms with Crippen LogP contribution in [-0.4, -0.2) is 53.8 Å². The summed E-state index contributed by atoms with van der Waals surface area (Å²) in [4.78, 5) is 38.4. The highest BCUT2D eigenvalue weighted by Gasteiger charge is 2.43. The van der Waals surface area contributed by atoms with Crippen molar-refractivity contribution in [3.05, 3.63) is 47.9 Å². The van der Waals surface area contributed by atoms with E-state index < -0.39 is 5.60 Å². The zero-order valence-corrected chi connectivity index (χ0v) is 18.4. The number of hydrogen-bond acceptors (Lipinski definition) is 6. The minimum absolute atomic E-state index is 0.0265. The molecule has 1 unspecified atom stereocenters. The molecule has 2 aromatic rings. The molecule has 2 amide bonds. The normalized spacial score (nSPS) is 17.9. The molecule has 0 bridgehead atoms. The first-order chi connectivity index (χ1) is 15.3. The zero-order valence-electron chi connectivity index (χ0n) is 18.4. The number of nitrogens with one attached hydrogen (secondary N) is 1. The molecule has 0 aliphatic carbocycles. The Kier molecular flexibility index (Phi) is 6.21. The van der Waals surface area contributed by atoms with Crippen molar-refractivity contribution in [1.29, 1.82) is 0 Å². The van der Waals surface area contributed by atoms with Gasteiger partial charge >= 0.3 is 0 Å². The highest BCUT2D eigenvalue weighted by atomic mass is 16.5. The first-order valence-electron chi connectivity index (χ1n) is 10.9. The molecule has 8 heteroatoms. The van der Waals surface area contributed by atoms with E-state index in [1.807, 2.05) is 19.1 Å². The predicted molar refractivity (Wildman–Crippen MR) is 116 cm³/mol. The van der Waals surface area contributed by atoms with E-state index in [9.17, 15) is 14.4 Å². The Bertz CT molecular complexity index is 992. The van der Waals surface area contributed by atoms with E-state index in [0.717, 1.165) is 5.76 Å². The Labute approximate surface area is 186 Å². The Hall–Kier alpha value is -3.29. The molecule has 3 heterocycles. The van der Waals surface area contributed by atoms with Crippen molar-refractivity contribution in [1.82, 2.24) is 10.2 Å². The van der Waals surface area contributed by atoms with Gasteiger partial charge in [-0.05, 0) is 31.2 Å². The van der Waals surface area contributed by atoms with Crippen molar-refractivity contribution in [3.8, 4) is 11.5 Å². The van der Waals surface area contributed by atoms with Crippen molar-refractivity contribution < 1.29 is 28.3 Å². The fourth-order valence-corrected chi connectivity index (χ4v) is 4.32. The largest absolute Gasteiger partial charge is 0.486 e. The molecule has 2 aliphatic heterocycles. The first kappa shape index (κ1) is 21.9. The number of fused-ring (bicyclic) bond motifs is 1. The molecule has 32 heavy (non-hydrogen) atoms. The SMILES string of the molecule is CC(=O)N1CCC2(CC1)CC(=O)c1ccc(OCC(=O)NC(C)Cc3ccco3)cc1O2. The summed E-state index contributed by atoms with van der Waals surface area (Å²) in [5, 5.41) is 2.88. The lowest BCUT2D eigenvalue weighted by atomic mass is 9.82. The Morgan fingerprint density at radius 2 is 2.03 bits per heavy atom. The summed E-state index contributed by atoms with van der Waals surface area (Å²) in [6.07, 6.45) is 3.73. The summed E-state index contributed by atoms with van der Waals surface area (Å²) in [6.45, 7) is 4.45. The monoisotopic (exact) mass is 440 g/mol. The molecule has 1 saturated heterocycles. The molecular weight excluding hydrogens is 412 g/mol. The van der Waals surface area contributed by atoms with E-state index in [1.54, 1.807) is 36.3 Å². The van der Waals surface area contributed by atoms with Gasteiger partial charge < -0.3 is 24.1 Å². The summed E-state index contributed by atoms with van der Waals surface area (Å²) in [6, 6.07) is 8.61. The van der Waals surface area contributed by atoms with E-state index in [2.05, 4.69) is 5.32 Å². The summed E-state index contributed by atoms with van der Waals surface area (Å²) >= 11 is 0. The highest BCUT2D eigenvalue weighted by Crippen LogP contribution is 2.40. The van der Waals surface area contributed by atoms with E-state index in [-0.39, 0.29) is 30.2 Å². The highest BCUT2D eigenvalue weighted by molar-refractivity contribution is 6.00. The fourth-order valence-electron chi connectivity index (χ4n) is 4.32. The van der Waals surface area contributed by atoms with Gasteiger partial charge in [0.25, 0.3) is 5.91 Å². The molecule has 1 aromatic heterocycles. The van der Waals surface area contributed by atoms with Crippen molar-refractivity contribution in [2.45, 2.75) is 51.2 Å². The summed E-state index contributed by atoms with van der Waals surface area (Å²) in [5.74, 6) is 1.56. The van der Waals surface area contributed by atoms with Crippen molar-refractivity contribution in [2.75, 3.05) is 19.7 Å². The number of piperidine rings is 1. The molecule has 8 nitrogen and oxygen atoms in total. The number of benzene rings is 1. The maximum absolute atomic E-state index is 12.7. The van der Waals surface area contributed by atoms with Crippen LogP contribution in [0.1, 0.15) is 49.2 Å². The second kappa shape index (κ2) is 9.06. The van der Waals surface area contributed by atoms with Crippen LogP contribution in [0, 0.1) is 0 Å². The van der Waals surface area contributed by atoms with Gasteiger partial charge in [-0.2, -0.15) is 0 Å². The number of nitrogens with zero attached hydrogens (tertiary/aromatic N) is 1. The van der Waals surface area contributed by atoms with Gasteiger partial charge in [-0.15, -0.1) is 0 Å². The summed E-state index contributed by atoms with van der Waals surface area (Å²) < 4.78 is 17.2. The molecule has 1 atom stereocenters. The minimum atomic E-state index is -0.590. The van der Waals surface area contributed by atoms with Gasteiger partial charge in [0, 0.05) is 51.4 Å². The number of furan rings is 1. The molecule has 1 fully saturated rings. The van der Waals surface area contributed by atoms with E-state index in [4.69, 9.17) is 13.9 Å². The van der Waals surface area contributed by atoms with Gasteiger partial charge in [0.2, 0.25) is 5.91 Å². The third-order valence-corrected chi connectivity index (χ3v) is 6.05. The molecule has 170 valence electrons. The Morgan fingerprint density at radius 3 is 2.72 bits per heavy atom. The average Bonchev–Trinajstić information content (AvgIpc) is 3.25. The number of carbonyl (C=O) groups excluding carboxylic acids is 3. The van der Waals surface area contributed by atoms with Crippen LogP contribution < -0.4 is 14.8 Å². The number of Topliss-reactive ketones (excluding diaryl/α,β-unsaturated/α-hetero) is 1. The first-order valence-corrected chi connectivity index (χ1v) is 10.9. The van der Waals surface area contributed by atoms with Crippen LogP contribution in [0.4, 0.5) is 0 Å². The lowest BCUT2D eigenvalue weighted by Gasteiger charge is -2.43. The van der Waals surface area contributed by atoms with Crippen molar-refractivity contribution in [2.24, 2.45) is 0 Å². The predicted octanol–water partition coefficient (Wildman–Crippen LogP) is 2.75. The summed E-state index contributed by atoms with van der Waals surface area (Å²) in [5.41, 5.74) is -0.0682. The van der Waals surface area contributed by atoms with Gasteiger partial charge in [-0.25, -0.2) is 0 Å². The van der Waals surface area contributed by atoms with Crippen LogP contribution in [0.5, 0.6) is 11.5 Å².